The molecule has 3 atom stereocenters. The van der Waals surface area contributed by atoms with Gasteiger partial charge in [-0.15, -0.1) is 0 Å². The number of carbonyl (C=O) groups excluding carboxylic acids is 2. The maximum absolute atomic E-state index is 13.3. The lowest BCUT2D eigenvalue weighted by molar-refractivity contribution is -0.145. The molecule has 3 aliphatic rings. The van der Waals surface area contributed by atoms with Crippen LogP contribution < -0.4 is 0 Å². The molecule has 1 aromatic carbocycles. The van der Waals surface area contributed by atoms with Gasteiger partial charge in [0, 0.05) is 54.8 Å². The molecule has 3 amide bonds. The number of nitrogens with zero attached hydrogens (tertiary/aromatic N) is 3. The van der Waals surface area contributed by atoms with E-state index in [9.17, 15) is 19.5 Å². The lowest BCUT2D eigenvalue weighted by Crippen LogP contribution is -2.57. The number of piperidine rings is 2. The quantitative estimate of drug-likeness (QED) is 0.784. The Bertz CT molecular complexity index is 815. The number of rotatable bonds is 3. The molecule has 0 aromatic heterocycles. The minimum Gasteiger partial charge on any atom is -0.465 e. The molecule has 156 valence electrons. The maximum Gasteiger partial charge on any atom is 0.407 e. The van der Waals surface area contributed by atoms with E-state index in [0.717, 1.165) is 6.42 Å². The molecular weight excluding hydrogens is 417 g/mol. The van der Waals surface area contributed by atoms with Gasteiger partial charge >= 0.3 is 6.09 Å². The number of likely N-dealkylation sites (tertiary alicyclic amines) is 3. The number of fused-ring (bicyclic) bond motifs is 2. The van der Waals surface area contributed by atoms with E-state index in [1.807, 2.05) is 4.90 Å². The highest BCUT2D eigenvalue weighted by Gasteiger charge is 2.43. The highest BCUT2D eigenvalue weighted by molar-refractivity contribution is 6.36. The molecule has 3 heterocycles. The molecule has 3 saturated heterocycles. The molecule has 9 heteroatoms. The fourth-order valence-corrected chi connectivity index (χ4v) is 5.39. The summed E-state index contributed by atoms with van der Waals surface area (Å²) in [6, 6.07) is 4.67. The summed E-state index contributed by atoms with van der Waals surface area (Å²) in [6.07, 6.45) is 0.846. The second-order valence-corrected chi connectivity index (χ2v) is 8.99. The van der Waals surface area contributed by atoms with E-state index in [1.165, 1.54) is 4.90 Å². The summed E-state index contributed by atoms with van der Waals surface area (Å²) in [5.41, 5.74) is 0.650. The van der Waals surface area contributed by atoms with E-state index in [1.54, 1.807) is 23.1 Å². The van der Waals surface area contributed by atoms with Crippen molar-refractivity contribution in [3.63, 3.8) is 0 Å². The van der Waals surface area contributed by atoms with Crippen molar-refractivity contribution in [3.8, 4) is 0 Å². The number of carboxylic acid groups (broad SMARTS) is 1. The molecule has 2 bridgehead atoms. The largest absolute Gasteiger partial charge is 0.465 e. The third kappa shape index (κ3) is 4.03. The van der Waals surface area contributed by atoms with Crippen molar-refractivity contribution in [2.24, 2.45) is 11.8 Å². The number of hydrogen-bond acceptors (Lipinski definition) is 3. The smallest absolute Gasteiger partial charge is 0.407 e. The van der Waals surface area contributed by atoms with Gasteiger partial charge in [-0.25, -0.2) is 4.79 Å². The zero-order chi connectivity index (χ0) is 20.7. The summed E-state index contributed by atoms with van der Waals surface area (Å²) in [5.74, 6) is 0.156. The second-order valence-electron chi connectivity index (χ2n) is 8.17. The summed E-state index contributed by atoms with van der Waals surface area (Å²) in [7, 11) is 0. The Kier molecular flexibility index (Phi) is 5.62. The molecule has 2 unspecified atom stereocenters. The Morgan fingerprint density at radius 3 is 2.21 bits per heavy atom. The van der Waals surface area contributed by atoms with Crippen molar-refractivity contribution in [3.05, 3.63) is 33.8 Å². The van der Waals surface area contributed by atoms with E-state index in [4.69, 9.17) is 23.2 Å². The van der Waals surface area contributed by atoms with Gasteiger partial charge in [-0.05, 0) is 36.8 Å². The van der Waals surface area contributed by atoms with Gasteiger partial charge in [0.15, 0.2) is 0 Å². The molecule has 3 fully saturated rings. The summed E-state index contributed by atoms with van der Waals surface area (Å²) in [6.45, 7) is 2.19. The van der Waals surface area contributed by atoms with Crippen molar-refractivity contribution in [2.75, 3.05) is 26.2 Å². The first kappa shape index (κ1) is 20.3. The number of carbonyl (C=O) groups is 3. The maximum atomic E-state index is 13.3. The van der Waals surface area contributed by atoms with Crippen molar-refractivity contribution >= 4 is 41.1 Å². The number of amides is 3. The Balaban J connectivity index is 1.48. The first-order valence-electron chi connectivity index (χ1n) is 9.82. The highest BCUT2D eigenvalue weighted by Crippen LogP contribution is 2.33. The van der Waals surface area contributed by atoms with Crippen LogP contribution in [0.3, 0.4) is 0 Å². The van der Waals surface area contributed by atoms with Crippen LogP contribution in [-0.4, -0.2) is 69.9 Å². The van der Waals surface area contributed by atoms with Crippen molar-refractivity contribution in [2.45, 2.75) is 31.8 Å². The van der Waals surface area contributed by atoms with Gasteiger partial charge in [0.25, 0.3) is 0 Å². The third-order valence-electron chi connectivity index (χ3n) is 6.17. The molecule has 29 heavy (non-hydrogen) atoms. The number of halogens is 2. The van der Waals surface area contributed by atoms with Crippen LogP contribution in [0.15, 0.2) is 18.2 Å². The topological polar surface area (TPSA) is 81.2 Å². The molecule has 3 aliphatic heterocycles. The molecular formula is C20H23Cl2N3O4. The van der Waals surface area contributed by atoms with E-state index < -0.39 is 12.1 Å². The molecule has 1 aromatic rings. The van der Waals surface area contributed by atoms with E-state index in [-0.39, 0.29) is 30.2 Å². The van der Waals surface area contributed by atoms with Gasteiger partial charge in [-0.1, -0.05) is 29.3 Å². The molecule has 0 spiro atoms. The fourth-order valence-electron chi connectivity index (χ4n) is 4.87. The number of hydrogen-bond donors (Lipinski definition) is 1. The van der Waals surface area contributed by atoms with Gasteiger partial charge in [0.1, 0.15) is 6.04 Å². The second kappa shape index (κ2) is 8.03. The first-order valence-corrected chi connectivity index (χ1v) is 10.6. The summed E-state index contributed by atoms with van der Waals surface area (Å²) < 4.78 is 0. The zero-order valence-electron chi connectivity index (χ0n) is 15.9. The van der Waals surface area contributed by atoms with Gasteiger partial charge in [0.2, 0.25) is 11.8 Å². The lowest BCUT2D eigenvalue weighted by Gasteiger charge is -2.45. The van der Waals surface area contributed by atoms with Gasteiger partial charge in [0.05, 0.1) is 0 Å². The molecule has 0 saturated carbocycles. The molecule has 7 nitrogen and oxygen atoms in total. The Hall–Kier alpha value is -1.99. The first-order chi connectivity index (χ1) is 13.8. The standard InChI is InChI=1S/C20H23Cl2N3O4/c21-15-2-1-3-16(22)14(15)11-25-17(4-5-18(25)26)19(27)23-7-12-6-13(8-23)10-24(9-12)20(28)29/h1-3,12-13,17H,4-11H2,(H,28,29)/t12?,13?,17-/m0/s1. The molecule has 4 rings (SSSR count). The van der Waals surface area contributed by atoms with Crippen molar-refractivity contribution < 1.29 is 19.5 Å². The lowest BCUT2D eigenvalue weighted by atomic mass is 9.84. The Morgan fingerprint density at radius 1 is 1.03 bits per heavy atom. The van der Waals surface area contributed by atoms with Crippen LogP contribution in [0.25, 0.3) is 0 Å². The fraction of sp³-hybridized carbons (Fsp3) is 0.550. The van der Waals surface area contributed by atoms with Crippen LogP contribution in [0, 0.1) is 11.8 Å². The van der Waals surface area contributed by atoms with Crippen LogP contribution in [0.1, 0.15) is 24.8 Å². The predicted octanol–water partition coefficient (Wildman–Crippen LogP) is 2.94. The third-order valence-corrected chi connectivity index (χ3v) is 6.87. The van der Waals surface area contributed by atoms with Crippen LogP contribution in [0.4, 0.5) is 4.79 Å². The van der Waals surface area contributed by atoms with Crippen molar-refractivity contribution in [1.29, 1.82) is 0 Å². The van der Waals surface area contributed by atoms with Gasteiger partial charge in [-0.3, -0.25) is 9.59 Å². The van der Waals surface area contributed by atoms with E-state index in [2.05, 4.69) is 0 Å². The summed E-state index contributed by atoms with van der Waals surface area (Å²) in [5, 5.41) is 10.2. The molecule has 1 N–H and O–H groups in total. The summed E-state index contributed by atoms with van der Waals surface area (Å²) >= 11 is 12.5. The monoisotopic (exact) mass is 439 g/mol. The van der Waals surface area contributed by atoms with Crippen LogP contribution in [-0.2, 0) is 16.1 Å². The normalized spacial score (nSPS) is 26.8. The molecule has 0 aliphatic carbocycles. The number of benzene rings is 1. The average Bonchev–Trinajstić information content (AvgIpc) is 3.03. The highest BCUT2D eigenvalue weighted by atomic mass is 35.5. The van der Waals surface area contributed by atoms with E-state index in [0.29, 0.717) is 54.6 Å². The van der Waals surface area contributed by atoms with Crippen LogP contribution >= 0.6 is 23.2 Å². The minimum absolute atomic E-state index is 0.0579. The summed E-state index contributed by atoms with van der Waals surface area (Å²) in [4.78, 5) is 42.0. The van der Waals surface area contributed by atoms with Gasteiger partial charge in [-0.2, -0.15) is 0 Å². The zero-order valence-corrected chi connectivity index (χ0v) is 17.4. The van der Waals surface area contributed by atoms with Crippen molar-refractivity contribution in [1.82, 2.24) is 14.7 Å². The predicted molar refractivity (Wildman–Crippen MR) is 108 cm³/mol. The Morgan fingerprint density at radius 2 is 1.62 bits per heavy atom. The average molecular weight is 440 g/mol. The van der Waals surface area contributed by atoms with E-state index >= 15 is 0 Å². The van der Waals surface area contributed by atoms with Crippen LogP contribution in [0.5, 0.6) is 0 Å². The minimum atomic E-state index is -0.899. The van der Waals surface area contributed by atoms with Gasteiger partial charge < -0.3 is 19.8 Å². The molecule has 0 radical (unpaired) electrons. The van der Waals surface area contributed by atoms with Crippen LogP contribution in [0.2, 0.25) is 10.0 Å². The Labute approximate surface area is 179 Å². The SMILES string of the molecule is O=C(O)N1CC2CC(C1)CN(C(=O)[C@@H]1CCC(=O)N1Cc1c(Cl)cccc1Cl)C2.